The third kappa shape index (κ3) is 7.66. The molecule has 116 valence electrons. The number of carbonyl (C=O) groups excluding carboxylic acids is 1. The second kappa shape index (κ2) is 9.46. The minimum absolute atomic E-state index is 0.0909. The van der Waals surface area contributed by atoms with Crippen LogP contribution in [0.2, 0.25) is 0 Å². The van der Waals surface area contributed by atoms with E-state index in [1.54, 1.807) is 13.2 Å². The van der Waals surface area contributed by atoms with Crippen LogP contribution >= 0.6 is 0 Å². The second-order valence-corrected chi connectivity index (χ2v) is 4.21. The lowest BCUT2D eigenvalue weighted by Crippen LogP contribution is -2.37. The minimum Gasteiger partial charge on any atom is -0.497 e. The number of benzene rings is 1. The number of urea groups is 1. The Morgan fingerprint density at radius 3 is 2.62 bits per heavy atom. The number of aliphatic carboxylic acids is 1. The Morgan fingerprint density at radius 1 is 1.19 bits per heavy atom. The van der Waals surface area contributed by atoms with Gasteiger partial charge in [0.2, 0.25) is 0 Å². The lowest BCUT2D eigenvalue weighted by atomic mass is 10.3. The highest BCUT2D eigenvalue weighted by Gasteiger charge is 2.01. The van der Waals surface area contributed by atoms with E-state index in [0.29, 0.717) is 25.3 Å². The Hall–Kier alpha value is -2.44. The Labute approximate surface area is 123 Å². The average molecular weight is 296 g/mol. The van der Waals surface area contributed by atoms with Crippen LogP contribution < -0.4 is 20.1 Å². The van der Waals surface area contributed by atoms with Crippen molar-refractivity contribution in [2.75, 3.05) is 26.8 Å². The highest BCUT2D eigenvalue weighted by atomic mass is 16.5. The maximum Gasteiger partial charge on any atom is 0.314 e. The van der Waals surface area contributed by atoms with Gasteiger partial charge >= 0.3 is 12.0 Å². The van der Waals surface area contributed by atoms with Crippen molar-refractivity contribution in [2.45, 2.75) is 12.8 Å². The molecule has 0 saturated heterocycles. The average Bonchev–Trinajstić information content (AvgIpc) is 2.46. The van der Waals surface area contributed by atoms with Crippen LogP contribution in [0.15, 0.2) is 24.3 Å². The first kappa shape index (κ1) is 16.6. The quantitative estimate of drug-likeness (QED) is 0.596. The Morgan fingerprint density at radius 2 is 1.90 bits per heavy atom. The highest BCUT2D eigenvalue weighted by Crippen LogP contribution is 2.18. The molecule has 1 aromatic rings. The Kier molecular flexibility index (Phi) is 7.49. The predicted molar refractivity (Wildman–Crippen MR) is 76.8 cm³/mol. The van der Waals surface area contributed by atoms with Crippen molar-refractivity contribution in [1.29, 1.82) is 0 Å². The van der Waals surface area contributed by atoms with Gasteiger partial charge in [-0.25, -0.2) is 4.79 Å². The molecule has 0 aliphatic rings. The molecule has 0 aliphatic heterocycles. The van der Waals surface area contributed by atoms with E-state index in [9.17, 15) is 9.59 Å². The lowest BCUT2D eigenvalue weighted by molar-refractivity contribution is -0.136. The monoisotopic (exact) mass is 296 g/mol. The van der Waals surface area contributed by atoms with Gasteiger partial charge in [-0.05, 0) is 18.6 Å². The van der Waals surface area contributed by atoms with Crippen LogP contribution in [0.4, 0.5) is 4.79 Å². The molecule has 0 aromatic heterocycles. The molecule has 1 aromatic carbocycles. The number of hydrogen-bond donors (Lipinski definition) is 3. The van der Waals surface area contributed by atoms with Crippen LogP contribution in [0.25, 0.3) is 0 Å². The third-order valence-corrected chi connectivity index (χ3v) is 2.54. The summed E-state index contributed by atoms with van der Waals surface area (Å²) in [5, 5.41) is 13.5. The smallest absolute Gasteiger partial charge is 0.314 e. The number of carbonyl (C=O) groups is 2. The molecule has 0 bridgehead atoms. The van der Waals surface area contributed by atoms with Crippen LogP contribution in [0.5, 0.6) is 11.5 Å². The number of nitrogens with one attached hydrogen (secondary N) is 2. The van der Waals surface area contributed by atoms with Crippen LogP contribution in [0.3, 0.4) is 0 Å². The summed E-state index contributed by atoms with van der Waals surface area (Å²) in [6, 6.07) is 6.90. The molecule has 0 spiro atoms. The van der Waals surface area contributed by atoms with Crippen molar-refractivity contribution in [3.05, 3.63) is 24.3 Å². The molecular formula is C14H20N2O5. The molecule has 7 heteroatoms. The maximum absolute atomic E-state index is 11.3. The normalized spacial score (nSPS) is 9.76. The summed E-state index contributed by atoms with van der Waals surface area (Å²) in [7, 11) is 1.59. The van der Waals surface area contributed by atoms with Crippen molar-refractivity contribution >= 4 is 12.0 Å². The van der Waals surface area contributed by atoms with E-state index in [4.69, 9.17) is 14.6 Å². The molecular weight excluding hydrogens is 276 g/mol. The summed E-state index contributed by atoms with van der Waals surface area (Å²) < 4.78 is 10.6. The first-order valence-corrected chi connectivity index (χ1v) is 6.62. The largest absolute Gasteiger partial charge is 0.497 e. The molecule has 0 atom stereocenters. The Balaban J connectivity index is 2.08. The maximum atomic E-state index is 11.3. The topological polar surface area (TPSA) is 96.9 Å². The molecule has 0 radical (unpaired) electrons. The van der Waals surface area contributed by atoms with Gasteiger partial charge in [-0.2, -0.15) is 0 Å². The van der Waals surface area contributed by atoms with Crippen molar-refractivity contribution in [3.63, 3.8) is 0 Å². The summed E-state index contributed by atoms with van der Waals surface area (Å²) in [5.41, 5.74) is 0. The number of carboxylic acids is 1. The van der Waals surface area contributed by atoms with Gasteiger partial charge < -0.3 is 25.2 Å². The fraction of sp³-hybridized carbons (Fsp3) is 0.429. The molecule has 7 nitrogen and oxygen atoms in total. The number of hydrogen-bond acceptors (Lipinski definition) is 4. The van der Waals surface area contributed by atoms with Gasteiger partial charge in [-0.15, -0.1) is 0 Å². The number of amides is 2. The van der Waals surface area contributed by atoms with Crippen molar-refractivity contribution < 1.29 is 24.2 Å². The number of carboxylic acid groups (broad SMARTS) is 1. The molecule has 0 saturated carbocycles. The van der Waals surface area contributed by atoms with Crippen LogP contribution in [0.1, 0.15) is 12.8 Å². The van der Waals surface area contributed by atoms with Gasteiger partial charge in [0.05, 0.1) is 20.1 Å². The summed E-state index contributed by atoms with van der Waals surface area (Å²) in [6.07, 6.45) is 0.552. The van der Waals surface area contributed by atoms with Gasteiger partial charge in [0, 0.05) is 19.2 Å². The van der Waals surface area contributed by atoms with Gasteiger partial charge in [0.25, 0.3) is 0 Å². The molecule has 0 unspecified atom stereocenters. The third-order valence-electron chi connectivity index (χ3n) is 2.54. The summed E-state index contributed by atoms with van der Waals surface area (Å²) in [5.74, 6) is 0.491. The first-order chi connectivity index (χ1) is 10.1. The zero-order valence-electron chi connectivity index (χ0n) is 11.9. The standard InChI is InChI=1S/C14H20N2O5/c1-20-11-4-2-5-12(10-11)21-9-3-7-15-14(19)16-8-6-13(17)18/h2,4-5,10H,3,6-9H2,1H3,(H,17,18)(H2,15,16,19). The molecule has 0 heterocycles. The number of ether oxygens (including phenoxy) is 2. The summed E-state index contributed by atoms with van der Waals surface area (Å²) >= 11 is 0. The number of rotatable bonds is 9. The van der Waals surface area contributed by atoms with Crippen LogP contribution in [-0.2, 0) is 4.79 Å². The fourth-order valence-corrected chi connectivity index (χ4v) is 1.50. The van der Waals surface area contributed by atoms with Crippen LogP contribution in [-0.4, -0.2) is 43.9 Å². The molecule has 0 fully saturated rings. The summed E-state index contributed by atoms with van der Waals surface area (Å²) in [4.78, 5) is 21.5. The van der Waals surface area contributed by atoms with Crippen molar-refractivity contribution in [2.24, 2.45) is 0 Å². The first-order valence-electron chi connectivity index (χ1n) is 6.62. The van der Waals surface area contributed by atoms with E-state index in [1.165, 1.54) is 0 Å². The van der Waals surface area contributed by atoms with Gasteiger partial charge in [0.15, 0.2) is 0 Å². The zero-order chi connectivity index (χ0) is 15.5. The second-order valence-electron chi connectivity index (χ2n) is 4.21. The van der Waals surface area contributed by atoms with E-state index in [-0.39, 0.29) is 19.0 Å². The van der Waals surface area contributed by atoms with Gasteiger partial charge in [0.1, 0.15) is 11.5 Å². The SMILES string of the molecule is COc1cccc(OCCCNC(=O)NCCC(=O)O)c1. The predicted octanol–water partition coefficient (Wildman–Crippen LogP) is 1.24. The lowest BCUT2D eigenvalue weighted by Gasteiger charge is -2.09. The van der Waals surface area contributed by atoms with Crippen LogP contribution in [0, 0.1) is 0 Å². The molecule has 2 amide bonds. The van der Waals surface area contributed by atoms with E-state index >= 15 is 0 Å². The summed E-state index contributed by atoms with van der Waals surface area (Å²) in [6.45, 7) is 1.02. The van der Waals surface area contributed by atoms with Crippen molar-refractivity contribution in [3.8, 4) is 11.5 Å². The van der Waals surface area contributed by atoms with E-state index in [2.05, 4.69) is 10.6 Å². The fourth-order valence-electron chi connectivity index (χ4n) is 1.50. The van der Waals surface area contributed by atoms with Crippen molar-refractivity contribution in [1.82, 2.24) is 10.6 Å². The van der Waals surface area contributed by atoms with E-state index in [1.807, 2.05) is 18.2 Å². The minimum atomic E-state index is -0.943. The Bertz CT molecular complexity index is 464. The molecule has 0 aliphatic carbocycles. The highest BCUT2D eigenvalue weighted by molar-refractivity contribution is 5.74. The molecule has 1 rings (SSSR count). The van der Waals surface area contributed by atoms with Gasteiger partial charge in [-0.3, -0.25) is 4.79 Å². The molecule has 3 N–H and O–H groups in total. The van der Waals surface area contributed by atoms with Gasteiger partial charge in [-0.1, -0.05) is 6.07 Å². The van der Waals surface area contributed by atoms with E-state index in [0.717, 1.165) is 5.75 Å². The molecule has 21 heavy (non-hydrogen) atoms. The van der Waals surface area contributed by atoms with E-state index < -0.39 is 5.97 Å². The zero-order valence-corrected chi connectivity index (χ0v) is 11.9. The number of methoxy groups -OCH3 is 1.